The Labute approximate surface area is 160 Å². The zero-order valence-electron chi connectivity index (χ0n) is 16.3. The van der Waals surface area contributed by atoms with Gasteiger partial charge in [-0.05, 0) is 44.2 Å². The molecule has 1 fully saturated rings. The van der Waals surface area contributed by atoms with Crippen LogP contribution in [0.4, 0.5) is 0 Å². The average molecular weight is 377 g/mol. The van der Waals surface area contributed by atoms with Gasteiger partial charge in [0, 0.05) is 38.0 Å². The Balaban J connectivity index is 1.60. The van der Waals surface area contributed by atoms with E-state index in [2.05, 4.69) is 24.5 Å². The van der Waals surface area contributed by atoms with E-state index in [1.54, 1.807) is 12.1 Å². The van der Waals surface area contributed by atoms with Crippen molar-refractivity contribution in [3.05, 3.63) is 24.2 Å². The molecule has 1 saturated heterocycles. The van der Waals surface area contributed by atoms with Gasteiger partial charge in [-0.1, -0.05) is 13.8 Å². The molecule has 0 bridgehead atoms. The first kappa shape index (κ1) is 21.0. The van der Waals surface area contributed by atoms with Crippen molar-refractivity contribution >= 4 is 17.7 Å². The van der Waals surface area contributed by atoms with Gasteiger partial charge in [0.2, 0.25) is 11.8 Å². The van der Waals surface area contributed by atoms with Gasteiger partial charge in [-0.25, -0.2) is 0 Å². The van der Waals surface area contributed by atoms with Crippen molar-refractivity contribution in [1.29, 1.82) is 0 Å². The Morgan fingerprint density at radius 2 is 1.93 bits per heavy atom. The third kappa shape index (κ3) is 6.41. The molecule has 0 spiro atoms. The van der Waals surface area contributed by atoms with Crippen LogP contribution in [0.5, 0.6) is 0 Å². The molecule has 2 N–H and O–H groups in total. The second-order valence-corrected chi connectivity index (χ2v) is 7.02. The van der Waals surface area contributed by atoms with Crippen molar-refractivity contribution in [2.75, 3.05) is 19.6 Å². The van der Waals surface area contributed by atoms with Gasteiger partial charge in [0.05, 0.1) is 6.26 Å². The van der Waals surface area contributed by atoms with Crippen LogP contribution in [0.25, 0.3) is 0 Å². The first-order valence-corrected chi connectivity index (χ1v) is 9.95. The monoisotopic (exact) mass is 377 g/mol. The molecule has 0 aliphatic carbocycles. The molecular formula is C20H31N3O4. The highest BCUT2D eigenvalue weighted by Crippen LogP contribution is 2.17. The van der Waals surface area contributed by atoms with Gasteiger partial charge >= 0.3 is 0 Å². The van der Waals surface area contributed by atoms with Crippen LogP contribution in [-0.2, 0) is 9.59 Å². The largest absolute Gasteiger partial charge is 0.459 e. The fourth-order valence-electron chi connectivity index (χ4n) is 3.39. The van der Waals surface area contributed by atoms with E-state index in [4.69, 9.17) is 4.42 Å². The second kappa shape index (κ2) is 10.7. The second-order valence-electron chi connectivity index (χ2n) is 7.02. The Hall–Kier alpha value is -2.31. The van der Waals surface area contributed by atoms with E-state index in [9.17, 15) is 14.4 Å². The van der Waals surface area contributed by atoms with Crippen LogP contribution in [0.1, 0.15) is 62.9 Å². The standard InChI is InChI=1S/C20H31N3O4/c1-3-15(4-2)20(26)23-12-9-16(10-13-23)22-18(24)8-5-11-21-19(25)17-7-6-14-27-17/h6-7,14-16H,3-5,8-13H2,1-2H3,(H,21,25)(H,22,24). The van der Waals surface area contributed by atoms with Crippen molar-refractivity contribution in [3.63, 3.8) is 0 Å². The highest BCUT2D eigenvalue weighted by molar-refractivity contribution is 5.91. The van der Waals surface area contributed by atoms with E-state index in [0.29, 0.717) is 32.5 Å². The topological polar surface area (TPSA) is 91.7 Å². The number of rotatable bonds is 9. The summed E-state index contributed by atoms with van der Waals surface area (Å²) >= 11 is 0. The van der Waals surface area contributed by atoms with Gasteiger partial charge in [0.1, 0.15) is 0 Å². The van der Waals surface area contributed by atoms with E-state index >= 15 is 0 Å². The predicted molar refractivity (Wildman–Crippen MR) is 102 cm³/mol. The zero-order chi connectivity index (χ0) is 19.6. The van der Waals surface area contributed by atoms with Crippen LogP contribution in [0.15, 0.2) is 22.8 Å². The first-order chi connectivity index (χ1) is 13.0. The number of hydrogen-bond acceptors (Lipinski definition) is 4. The van der Waals surface area contributed by atoms with E-state index in [0.717, 1.165) is 25.7 Å². The van der Waals surface area contributed by atoms with Crippen LogP contribution < -0.4 is 10.6 Å². The van der Waals surface area contributed by atoms with Crippen LogP contribution in [0.2, 0.25) is 0 Å². The van der Waals surface area contributed by atoms with Gasteiger partial charge in [-0.15, -0.1) is 0 Å². The predicted octanol–water partition coefficient (Wildman–Crippen LogP) is 2.33. The molecule has 0 unspecified atom stereocenters. The van der Waals surface area contributed by atoms with Crippen molar-refractivity contribution in [1.82, 2.24) is 15.5 Å². The molecule has 150 valence electrons. The molecule has 2 heterocycles. The van der Waals surface area contributed by atoms with E-state index in [-0.39, 0.29) is 35.4 Å². The van der Waals surface area contributed by atoms with Crippen molar-refractivity contribution in [2.45, 2.75) is 58.4 Å². The molecule has 0 radical (unpaired) electrons. The summed E-state index contributed by atoms with van der Waals surface area (Å²) in [5.74, 6) is 0.362. The Morgan fingerprint density at radius 3 is 2.52 bits per heavy atom. The maximum absolute atomic E-state index is 12.4. The number of carbonyl (C=O) groups excluding carboxylic acids is 3. The van der Waals surface area contributed by atoms with Crippen molar-refractivity contribution < 1.29 is 18.8 Å². The maximum Gasteiger partial charge on any atom is 0.286 e. The Morgan fingerprint density at radius 1 is 1.22 bits per heavy atom. The quantitative estimate of drug-likeness (QED) is 0.646. The van der Waals surface area contributed by atoms with Gasteiger partial charge in [-0.2, -0.15) is 0 Å². The van der Waals surface area contributed by atoms with Crippen molar-refractivity contribution in [2.24, 2.45) is 5.92 Å². The van der Waals surface area contributed by atoms with Gasteiger partial charge in [0.25, 0.3) is 5.91 Å². The lowest BCUT2D eigenvalue weighted by molar-refractivity contribution is -0.137. The fourth-order valence-corrected chi connectivity index (χ4v) is 3.39. The number of likely N-dealkylation sites (tertiary alicyclic amines) is 1. The molecule has 7 heteroatoms. The number of carbonyl (C=O) groups is 3. The summed E-state index contributed by atoms with van der Waals surface area (Å²) in [6, 6.07) is 3.38. The molecule has 7 nitrogen and oxygen atoms in total. The maximum atomic E-state index is 12.4. The van der Waals surface area contributed by atoms with Crippen LogP contribution in [0, 0.1) is 5.92 Å². The summed E-state index contributed by atoms with van der Waals surface area (Å²) in [6.45, 7) is 5.94. The van der Waals surface area contributed by atoms with Crippen LogP contribution in [-0.4, -0.2) is 48.3 Å². The molecule has 2 rings (SSSR count). The van der Waals surface area contributed by atoms with E-state index in [1.165, 1.54) is 6.26 Å². The molecule has 1 aromatic heterocycles. The molecular weight excluding hydrogens is 346 g/mol. The number of nitrogens with zero attached hydrogens (tertiary/aromatic N) is 1. The van der Waals surface area contributed by atoms with Gasteiger partial charge in [-0.3, -0.25) is 14.4 Å². The highest BCUT2D eigenvalue weighted by Gasteiger charge is 2.27. The lowest BCUT2D eigenvalue weighted by atomic mass is 9.98. The highest BCUT2D eigenvalue weighted by atomic mass is 16.3. The average Bonchev–Trinajstić information content (AvgIpc) is 3.21. The Kier molecular flexibility index (Phi) is 8.36. The normalized spacial score (nSPS) is 15.0. The van der Waals surface area contributed by atoms with Gasteiger partial charge in [0.15, 0.2) is 5.76 Å². The third-order valence-electron chi connectivity index (χ3n) is 5.12. The molecule has 0 atom stereocenters. The van der Waals surface area contributed by atoms with Crippen molar-refractivity contribution in [3.8, 4) is 0 Å². The van der Waals surface area contributed by atoms with E-state index < -0.39 is 0 Å². The molecule has 1 aliphatic heterocycles. The number of furan rings is 1. The third-order valence-corrected chi connectivity index (χ3v) is 5.12. The number of amides is 3. The molecule has 0 saturated carbocycles. The smallest absolute Gasteiger partial charge is 0.286 e. The summed E-state index contributed by atoms with van der Waals surface area (Å²) in [5, 5.41) is 5.77. The summed E-state index contributed by atoms with van der Waals surface area (Å²) in [6.07, 6.45) is 5.74. The molecule has 27 heavy (non-hydrogen) atoms. The molecule has 1 aliphatic rings. The van der Waals surface area contributed by atoms with Crippen LogP contribution >= 0.6 is 0 Å². The summed E-state index contributed by atoms with van der Waals surface area (Å²) in [5.41, 5.74) is 0. The SMILES string of the molecule is CCC(CC)C(=O)N1CCC(NC(=O)CCCNC(=O)c2ccco2)CC1. The number of piperidine rings is 1. The summed E-state index contributed by atoms with van der Waals surface area (Å²) < 4.78 is 5.01. The van der Waals surface area contributed by atoms with E-state index in [1.807, 2.05) is 4.90 Å². The molecule has 3 amide bonds. The number of nitrogens with one attached hydrogen (secondary N) is 2. The lowest BCUT2D eigenvalue weighted by Crippen LogP contribution is -2.48. The Bertz CT molecular complexity index is 603. The van der Waals surface area contributed by atoms with Crippen LogP contribution in [0.3, 0.4) is 0 Å². The summed E-state index contributed by atoms with van der Waals surface area (Å²) in [4.78, 5) is 38.1. The zero-order valence-corrected chi connectivity index (χ0v) is 16.3. The minimum absolute atomic E-state index is 0.00739. The van der Waals surface area contributed by atoms with Gasteiger partial charge < -0.3 is 20.0 Å². The minimum Gasteiger partial charge on any atom is -0.459 e. The summed E-state index contributed by atoms with van der Waals surface area (Å²) in [7, 11) is 0. The minimum atomic E-state index is -0.269. The number of hydrogen-bond donors (Lipinski definition) is 2. The first-order valence-electron chi connectivity index (χ1n) is 9.95. The molecule has 0 aromatic carbocycles. The molecule has 1 aromatic rings. The lowest BCUT2D eigenvalue weighted by Gasteiger charge is -2.34. The fraction of sp³-hybridized carbons (Fsp3) is 0.650.